The van der Waals surface area contributed by atoms with E-state index in [1.165, 1.54) is 0 Å². The van der Waals surface area contributed by atoms with Gasteiger partial charge in [-0.05, 0) is 13.1 Å². The first-order valence-electron chi connectivity index (χ1n) is 6.11. The highest BCUT2D eigenvalue weighted by Crippen LogP contribution is 2.32. The number of rotatable bonds is 7. The van der Waals surface area contributed by atoms with Crippen LogP contribution < -0.4 is 15.4 Å². The minimum absolute atomic E-state index is 0. The molecule has 1 rings (SSSR count). The molecule has 0 aliphatic rings. The van der Waals surface area contributed by atoms with Gasteiger partial charge in [-0.2, -0.15) is 13.2 Å². The van der Waals surface area contributed by atoms with E-state index in [0.29, 0.717) is 19.2 Å². The quantitative estimate of drug-likeness (QED) is 0.693. The van der Waals surface area contributed by atoms with E-state index in [0.717, 1.165) is 6.07 Å². The van der Waals surface area contributed by atoms with Crippen LogP contribution in [-0.4, -0.2) is 37.6 Å². The van der Waals surface area contributed by atoms with Crippen LogP contribution in [0.15, 0.2) is 12.3 Å². The lowest BCUT2D eigenvalue weighted by Gasteiger charge is -2.10. The van der Waals surface area contributed by atoms with Gasteiger partial charge in [0.1, 0.15) is 11.6 Å². The summed E-state index contributed by atoms with van der Waals surface area (Å²) in [6, 6.07) is 0.745. The fourth-order valence-electron chi connectivity index (χ4n) is 1.35. The summed E-state index contributed by atoms with van der Waals surface area (Å²) in [5.41, 5.74) is -0.944. The van der Waals surface area contributed by atoms with Crippen LogP contribution in [0.1, 0.15) is 12.0 Å². The van der Waals surface area contributed by atoms with E-state index in [1.807, 2.05) is 0 Å². The molecule has 0 spiro atoms. The molecule has 1 amide bonds. The average Bonchev–Trinajstić information content (AvgIpc) is 2.41. The minimum Gasteiger partial charge on any atom is -0.475 e. The number of alkyl halides is 3. The minimum atomic E-state index is -4.50. The van der Waals surface area contributed by atoms with Gasteiger partial charge < -0.3 is 15.4 Å². The van der Waals surface area contributed by atoms with Gasteiger partial charge in [0.05, 0.1) is 12.1 Å². The number of ether oxygens (including phenoxy) is 1. The number of aromatic nitrogens is 1. The Hall–Kier alpha value is -0.960. The van der Waals surface area contributed by atoms with Crippen LogP contribution in [0.2, 0.25) is 5.02 Å². The molecule has 134 valence electrons. The molecule has 0 saturated carbocycles. The molecule has 11 heteroatoms. The molecule has 0 aliphatic carbocycles. The summed E-state index contributed by atoms with van der Waals surface area (Å²) >= 11 is 5.66. The number of pyridine rings is 1. The van der Waals surface area contributed by atoms with Gasteiger partial charge in [-0.1, -0.05) is 11.6 Å². The first-order valence-corrected chi connectivity index (χ1v) is 6.49. The van der Waals surface area contributed by atoms with Crippen LogP contribution in [0, 0.1) is 0 Å². The number of halogens is 6. The fraction of sp³-hybridized carbons (Fsp3) is 0.500. The standard InChI is InChI=1S/C12H15ClF3N3O2.2ClH/c1-17-3-2-10(20)18-4-5-21-11-9(13)6-8(7-19-11)12(14,15)16;;/h6-7,17H,2-5H2,1H3,(H,18,20);2*1H. The summed E-state index contributed by atoms with van der Waals surface area (Å²) in [4.78, 5) is 14.8. The van der Waals surface area contributed by atoms with Gasteiger partial charge in [0, 0.05) is 19.2 Å². The number of nitrogens with zero attached hydrogens (tertiary/aromatic N) is 1. The molecule has 0 saturated heterocycles. The van der Waals surface area contributed by atoms with Crippen molar-refractivity contribution in [2.75, 3.05) is 26.7 Å². The van der Waals surface area contributed by atoms with E-state index in [9.17, 15) is 18.0 Å². The highest BCUT2D eigenvalue weighted by atomic mass is 35.5. The monoisotopic (exact) mass is 397 g/mol. The highest BCUT2D eigenvalue weighted by Gasteiger charge is 2.31. The lowest BCUT2D eigenvalue weighted by atomic mass is 10.3. The second kappa shape index (κ2) is 11.6. The Balaban J connectivity index is 0. The van der Waals surface area contributed by atoms with E-state index in [4.69, 9.17) is 16.3 Å². The summed E-state index contributed by atoms with van der Waals surface area (Å²) in [6.45, 7) is 0.823. The van der Waals surface area contributed by atoms with Crippen molar-refractivity contribution in [3.8, 4) is 5.88 Å². The van der Waals surface area contributed by atoms with Gasteiger partial charge >= 0.3 is 6.18 Å². The van der Waals surface area contributed by atoms with Gasteiger partial charge in [0.2, 0.25) is 11.8 Å². The average molecular weight is 399 g/mol. The molecule has 0 aromatic carbocycles. The summed E-state index contributed by atoms with van der Waals surface area (Å²) in [7, 11) is 1.73. The predicted molar refractivity (Wildman–Crippen MR) is 85.8 cm³/mol. The van der Waals surface area contributed by atoms with Crippen molar-refractivity contribution in [2.45, 2.75) is 12.6 Å². The smallest absolute Gasteiger partial charge is 0.417 e. The van der Waals surface area contributed by atoms with Crippen LogP contribution in [0.4, 0.5) is 13.2 Å². The number of amides is 1. The molecule has 0 fully saturated rings. The van der Waals surface area contributed by atoms with Crippen molar-refractivity contribution in [3.05, 3.63) is 22.8 Å². The molecule has 0 radical (unpaired) electrons. The molecule has 1 aromatic rings. The maximum atomic E-state index is 12.4. The van der Waals surface area contributed by atoms with Gasteiger partial charge in [-0.25, -0.2) is 4.98 Å². The number of carbonyl (C=O) groups excluding carboxylic acids is 1. The second-order valence-corrected chi connectivity index (χ2v) is 4.47. The summed E-state index contributed by atoms with van der Waals surface area (Å²) in [6.07, 6.45) is -3.53. The SMILES string of the molecule is CNCCC(=O)NCCOc1ncc(C(F)(F)F)cc1Cl.Cl.Cl. The maximum Gasteiger partial charge on any atom is 0.417 e. The van der Waals surface area contributed by atoms with Crippen LogP contribution in [0.25, 0.3) is 0 Å². The summed E-state index contributed by atoms with van der Waals surface area (Å²) in [5, 5.41) is 5.19. The molecule has 0 aliphatic heterocycles. The largest absolute Gasteiger partial charge is 0.475 e. The molecule has 0 unspecified atom stereocenters. The van der Waals surface area contributed by atoms with Crippen molar-refractivity contribution in [3.63, 3.8) is 0 Å². The molecule has 1 aromatic heterocycles. The molecule has 23 heavy (non-hydrogen) atoms. The third-order valence-electron chi connectivity index (χ3n) is 2.40. The Bertz CT molecular complexity index is 490. The number of carbonyl (C=O) groups is 1. The van der Waals surface area contributed by atoms with Crippen molar-refractivity contribution in [1.29, 1.82) is 0 Å². The van der Waals surface area contributed by atoms with Gasteiger partial charge in [0.25, 0.3) is 0 Å². The van der Waals surface area contributed by atoms with Crippen LogP contribution in [0.3, 0.4) is 0 Å². The Kier molecular flexibility index (Phi) is 12.2. The predicted octanol–water partition coefficient (Wildman–Crippen LogP) is 2.70. The lowest BCUT2D eigenvalue weighted by Crippen LogP contribution is -2.30. The molecular weight excluding hydrogens is 382 g/mol. The lowest BCUT2D eigenvalue weighted by molar-refractivity contribution is -0.137. The van der Waals surface area contributed by atoms with Crippen molar-refractivity contribution >= 4 is 42.3 Å². The zero-order valence-corrected chi connectivity index (χ0v) is 14.5. The van der Waals surface area contributed by atoms with Crippen LogP contribution >= 0.6 is 36.4 Å². The van der Waals surface area contributed by atoms with E-state index in [-0.39, 0.29) is 54.8 Å². The van der Waals surface area contributed by atoms with Crippen molar-refractivity contribution < 1.29 is 22.7 Å². The summed E-state index contributed by atoms with van der Waals surface area (Å²) < 4.78 is 42.3. The molecule has 0 bridgehead atoms. The van der Waals surface area contributed by atoms with E-state index >= 15 is 0 Å². The maximum absolute atomic E-state index is 12.4. The Morgan fingerprint density at radius 3 is 2.52 bits per heavy atom. The first kappa shape index (κ1) is 24.3. The number of hydrogen-bond donors (Lipinski definition) is 2. The third-order valence-corrected chi connectivity index (χ3v) is 2.67. The summed E-state index contributed by atoms with van der Waals surface area (Å²) in [5.74, 6) is -0.256. The van der Waals surface area contributed by atoms with Gasteiger partial charge in [0.15, 0.2) is 0 Å². The highest BCUT2D eigenvalue weighted by molar-refractivity contribution is 6.31. The van der Waals surface area contributed by atoms with Gasteiger partial charge in [-0.15, -0.1) is 24.8 Å². The van der Waals surface area contributed by atoms with Crippen LogP contribution in [0.5, 0.6) is 5.88 Å². The Morgan fingerprint density at radius 1 is 1.35 bits per heavy atom. The van der Waals surface area contributed by atoms with Crippen LogP contribution in [-0.2, 0) is 11.0 Å². The fourth-order valence-corrected chi connectivity index (χ4v) is 1.57. The number of nitrogens with one attached hydrogen (secondary N) is 2. The first-order chi connectivity index (χ1) is 9.84. The molecule has 1 heterocycles. The zero-order chi connectivity index (χ0) is 15.9. The Morgan fingerprint density at radius 2 is 2.00 bits per heavy atom. The third kappa shape index (κ3) is 9.04. The molecule has 0 atom stereocenters. The van der Waals surface area contributed by atoms with E-state index < -0.39 is 11.7 Å². The van der Waals surface area contributed by atoms with Gasteiger partial charge in [-0.3, -0.25) is 4.79 Å². The van der Waals surface area contributed by atoms with E-state index in [1.54, 1.807) is 7.05 Å². The van der Waals surface area contributed by atoms with Crippen molar-refractivity contribution in [1.82, 2.24) is 15.6 Å². The van der Waals surface area contributed by atoms with Crippen molar-refractivity contribution in [2.24, 2.45) is 0 Å². The Labute approximate surface area is 149 Å². The zero-order valence-electron chi connectivity index (χ0n) is 12.1. The normalized spacial score (nSPS) is 10.3. The second-order valence-electron chi connectivity index (χ2n) is 4.06. The number of hydrogen-bond acceptors (Lipinski definition) is 4. The van der Waals surface area contributed by atoms with E-state index in [2.05, 4.69) is 15.6 Å². The molecule has 5 nitrogen and oxygen atoms in total. The molecule has 2 N–H and O–H groups in total. The molecular formula is C12H17Cl3F3N3O2. The topological polar surface area (TPSA) is 63.2 Å².